The highest BCUT2D eigenvalue weighted by Gasteiger charge is 2.30. The van der Waals surface area contributed by atoms with Crippen molar-refractivity contribution in [2.24, 2.45) is 5.92 Å². The van der Waals surface area contributed by atoms with Gasteiger partial charge < -0.3 is 14.6 Å². The quantitative estimate of drug-likeness (QED) is 0.573. The van der Waals surface area contributed by atoms with E-state index >= 15 is 0 Å². The summed E-state index contributed by atoms with van der Waals surface area (Å²) < 4.78 is 12.8. The summed E-state index contributed by atoms with van der Waals surface area (Å²) in [4.78, 5) is 0. The maximum Gasteiger partial charge on any atom is 0.200 e. The molecule has 1 aromatic carbocycles. The van der Waals surface area contributed by atoms with E-state index in [0.717, 1.165) is 34.8 Å². The highest BCUT2D eigenvalue weighted by molar-refractivity contribution is 5.73. The normalized spacial score (nSPS) is 19.3. The van der Waals surface area contributed by atoms with E-state index in [9.17, 15) is 0 Å². The number of anilines is 1. The molecule has 0 spiro atoms. The molecular weight excluding hydrogens is 356 g/mol. The van der Waals surface area contributed by atoms with Crippen molar-refractivity contribution in [2.45, 2.75) is 19.4 Å². The smallest absolute Gasteiger partial charge is 0.200 e. The van der Waals surface area contributed by atoms with Crippen LogP contribution in [0.5, 0.6) is 0 Å². The minimum atomic E-state index is 0.136. The van der Waals surface area contributed by atoms with Crippen LogP contribution in [0.4, 0.5) is 5.69 Å². The highest BCUT2D eigenvalue weighted by Crippen LogP contribution is 2.27. The summed E-state index contributed by atoms with van der Waals surface area (Å²) in [7, 11) is 0. The van der Waals surface area contributed by atoms with Gasteiger partial charge in [-0.05, 0) is 13.0 Å². The average Bonchev–Trinajstić information content (AvgIpc) is 3.45. The number of nitrogens with zero attached hydrogens (tertiary/aromatic N) is 5. The third kappa shape index (κ3) is 3.22. The SMILES string of the molecule is Cc1cc(C[C@@H]2COC[C@@H]2Nc2cc(-c3ccccc3)nn3cnnc23)on1. The fraction of sp³-hybridized carbons (Fsp3) is 0.300. The number of hydrogen-bond donors (Lipinski definition) is 1. The third-order valence-electron chi connectivity index (χ3n) is 5.02. The Morgan fingerprint density at radius 1 is 1.18 bits per heavy atom. The Morgan fingerprint density at radius 2 is 2.07 bits per heavy atom. The first-order valence-corrected chi connectivity index (χ1v) is 9.29. The summed E-state index contributed by atoms with van der Waals surface area (Å²) in [5.74, 6) is 1.16. The Morgan fingerprint density at radius 3 is 2.89 bits per heavy atom. The highest BCUT2D eigenvalue weighted by atomic mass is 16.5. The van der Waals surface area contributed by atoms with Gasteiger partial charge in [-0.3, -0.25) is 0 Å². The van der Waals surface area contributed by atoms with E-state index in [4.69, 9.17) is 9.26 Å². The van der Waals surface area contributed by atoms with Crippen molar-refractivity contribution in [3.63, 3.8) is 0 Å². The number of benzene rings is 1. The first kappa shape index (κ1) is 16.9. The fourth-order valence-corrected chi connectivity index (χ4v) is 3.61. The lowest BCUT2D eigenvalue weighted by Crippen LogP contribution is -2.29. The van der Waals surface area contributed by atoms with E-state index in [-0.39, 0.29) is 12.0 Å². The molecule has 0 amide bonds. The Labute approximate surface area is 161 Å². The van der Waals surface area contributed by atoms with E-state index < -0.39 is 0 Å². The van der Waals surface area contributed by atoms with Crippen molar-refractivity contribution in [1.82, 2.24) is 25.0 Å². The fourth-order valence-electron chi connectivity index (χ4n) is 3.61. The van der Waals surface area contributed by atoms with Gasteiger partial charge in [-0.1, -0.05) is 35.5 Å². The molecular formula is C20H20N6O2. The van der Waals surface area contributed by atoms with Crippen molar-refractivity contribution < 1.29 is 9.26 Å². The van der Waals surface area contributed by atoms with Gasteiger partial charge in [0.05, 0.1) is 36.3 Å². The van der Waals surface area contributed by atoms with Crippen molar-refractivity contribution in [1.29, 1.82) is 0 Å². The maximum absolute atomic E-state index is 5.75. The molecule has 1 N–H and O–H groups in total. The molecule has 28 heavy (non-hydrogen) atoms. The van der Waals surface area contributed by atoms with Crippen LogP contribution in [0.15, 0.2) is 53.3 Å². The molecule has 3 aromatic heterocycles. The minimum Gasteiger partial charge on any atom is -0.379 e. The molecule has 1 aliphatic rings. The van der Waals surface area contributed by atoms with Crippen LogP contribution in [-0.4, -0.2) is 44.2 Å². The van der Waals surface area contributed by atoms with Crippen molar-refractivity contribution >= 4 is 11.3 Å². The van der Waals surface area contributed by atoms with Crippen LogP contribution < -0.4 is 5.32 Å². The van der Waals surface area contributed by atoms with E-state index in [0.29, 0.717) is 18.9 Å². The third-order valence-corrected chi connectivity index (χ3v) is 5.02. The van der Waals surface area contributed by atoms with Gasteiger partial charge in [0, 0.05) is 24.0 Å². The standard InChI is InChI=1S/C20H20N6O2/c1-13-7-16(28-25-13)8-15-10-27-11-19(15)22-18-9-17(14-5-3-2-4-6-14)24-26-12-21-23-20(18)26/h2-7,9,12,15,19,22H,8,10-11H2,1H3/t15-,19+/m1/s1. The number of ether oxygens (including phenoxy) is 1. The van der Waals surface area contributed by atoms with E-state index in [2.05, 4.69) is 25.8 Å². The molecule has 0 saturated carbocycles. The minimum absolute atomic E-state index is 0.136. The van der Waals surface area contributed by atoms with Gasteiger partial charge in [0.1, 0.15) is 12.1 Å². The average molecular weight is 376 g/mol. The maximum atomic E-state index is 5.75. The van der Waals surface area contributed by atoms with Crippen molar-refractivity contribution in [3.05, 3.63) is 60.2 Å². The summed E-state index contributed by atoms with van der Waals surface area (Å²) >= 11 is 0. The molecule has 5 rings (SSSR count). The second kappa shape index (κ2) is 7.05. The molecule has 0 unspecified atom stereocenters. The Hall–Kier alpha value is -3.26. The summed E-state index contributed by atoms with van der Waals surface area (Å²) in [5.41, 5.74) is 4.38. The van der Waals surface area contributed by atoms with Crippen LogP contribution in [0, 0.1) is 12.8 Å². The monoisotopic (exact) mass is 376 g/mol. The Kier molecular flexibility index (Phi) is 4.25. The molecule has 8 heteroatoms. The molecule has 4 heterocycles. The molecule has 4 aromatic rings. The molecule has 0 radical (unpaired) electrons. The van der Waals surface area contributed by atoms with Crippen molar-refractivity contribution in [2.75, 3.05) is 18.5 Å². The largest absolute Gasteiger partial charge is 0.379 e. The lowest BCUT2D eigenvalue weighted by atomic mass is 9.98. The van der Waals surface area contributed by atoms with E-state index in [1.165, 1.54) is 0 Å². The lowest BCUT2D eigenvalue weighted by molar-refractivity contribution is 0.183. The Bertz CT molecular complexity index is 1090. The van der Waals surface area contributed by atoms with Gasteiger partial charge in [0.2, 0.25) is 5.65 Å². The van der Waals surface area contributed by atoms with E-state index in [1.54, 1.807) is 10.8 Å². The number of aryl methyl sites for hydroxylation is 1. The van der Waals surface area contributed by atoms with Crippen LogP contribution in [-0.2, 0) is 11.2 Å². The number of fused-ring (bicyclic) bond motifs is 1. The molecule has 1 saturated heterocycles. The Balaban J connectivity index is 1.44. The van der Waals surface area contributed by atoms with Crippen LogP contribution in [0.2, 0.25) is 0 Å². The summed E-state index contributed by atoms with van der Waals surface area (Å²) in [5, 5.41) is 20.5. The molecule has 0 aliphatic carbocycles. The zero-order valence-corrected chi connectivity index (χ0v) is 15.4. The van der Waals surface area contributed by atoms with Crippen molar-refractivity contribution in [3.8, 4) is 11.3 Å². The summed E-state index contributed by atoms with van der Waals surface area (Å²) in [6.45, 7) is 3.23. The zero-order chi connectivity index (χ0) is 18.9. The lowest BCUT2D eigenvalue weighted by Gasteiger charge is -2.19. The van der Waals surface area contributed by atoms with Gasteiger partial charge in [-0.25, -0.2) is 0 Å². The molecule has 1 fully saturated rings. The number of rotatable bonds is 5. The second-order valence-electron chi connectivity index (χ2n) is 7.10. The predicted molar refractivity (Wildman–Crippen MR) is 103 cm³/mol. The molecule has 2 atom stereocenters. The van der Waals surface area contributed by atoms with Gasteiger partial charge >= 0.3 is 0 Å². The van der Waals surface area contributed by atoms with Gasteiger partial charge in [-0.15, -0.1) is 10.2 Å². The van der Waals surface area contributed by atoms with Crippen LogP contribution in [0.25, 0.3) is 16.9 Å². The van der Waals surface area contributed by atoms with E-state index in [1.807, 2.05) is 49.4 Å². The second-order valence-corrected chi connectivity index (χ2v) is 7.10. The van der Waals surface area contributed by atoms with Gasteiger partial charge in [0.15, 0.2) is 0 Å². The summed E-state index contributed by atoms with van der Waals surface area (Å²) in [6, 6.07) is 14.2. The first-order chi connectivity index (χ1) is 13.8. The van der Waals surface area contributed by atoms with Gasteiger partial charge in [0.25, 0.3) is 0 Å². The zero-order valence-electron chi connectivity index (χ0n) is 15.4. The number of nitrogens with one attached hydrogen (secondary N) is 1. The van der Waals surface area contributed by atoms with Crippen LogP contribution >= 0.6 is 0 Å². The van der Waals surface area contributed by atoms with Crippen LogP contribution in [0.3, 0.4) is 0 Å². The molecule has 142 valence electrons. The van der Waals surface area contributed by atoms with Gasteiger partial charge in [-0.2, -0.15) is 9.61 Å². The summed E-state index contributed by atoms with van der Waals surface area (Å²) in [6.07, 6.45) is 2.39. The van der Waals surface area contributed by atoms with Crippen LogP contribution in [0.1, 0.15) is 11.5 Å². The molecule has 8 nitrogen and oxygen atoms in total. The molecule has 0 bridgehead atoms. The first-order valence-electron chi connectivity index (χ1n) is 9.29. The topological polar surface area (TPSA) is 90.4 Å². The molecule has 1 aliphatic heterocycles. The number of aromatic nitrogens is 5. The predicted octanol–water partition coefficient (Wildman–Crippen LogP) is 2.76. The number of hydrogen-bond acceptors (Lipinski definition) is 7.